The van der Waals surface area contributed by atoms with Gasteiger partial charge >= 0.3 is 0 Å². The van der Waals surface area contributed by atoms with Gasteiger partial charge in [0.05, 0.1) is 17.7 Å². The second-order valence-electron chi connectivity index (χ2n) is 8.59. The molecule has 4 rings (SSSR count). The monoisotopic (exact) mass is 454 g/mol. The Balaban J connectivity index is 1.36. The number of para-hydroxylation sites is 1. The van der Waals surface area contributed by atoms with Gasteiger partial charge in [0.1, 0.15) is 0 Å². The molecule has 0 bridgehead atoms. The minimum Gasteiger partial charge on any atom is -0.390 e. The molecule has 7 heteroatoms. The number of amides is 1. The number of rotatable bonds is 8. The predicted octanol–water partition coefficient (Wildman–Crippen LogP) is 3.46. The van der Waals surface area contributed by atoms with Crippen molar-refractivity contribution in [2.75, 3.05) is 39.8 Å². The SMILES string of the molecule is CCN(CCN(C)Cc1ccc(Cl)cc1)[C@@H]1CN(C(=O)c2c[nH]c3ccccc23)C[C@H]1O. The number of aliphatic hydroxyl groups is 1. The number of β-amino-alcohol motifs (C(OH)–C–C–N with tert-alkyl or cyclic N) is 1. The fraction of sp³-hybridized carbons (Fsp3) is 0.400. The normalized spacial score (nSPS) is 18.9. The maximum atomic E-state index is 13.2. The molecule has 1 amide bonds. The van der Waals surface area contributed by atoms with Gasteiger partial charge in [0.25, 0.3) is 5.91 Å². The maximum Gasteiger partial charge on any atom is 0.256 e. The molecule has 1 aromatic heterocycles. The van der Waals surface area contributed by atoms with Crippen molar-refractivity contribution in [3.63, 3.8) is 0 Å². The Hall–Kier alpha value is -2.38. The number of carbonyl (C=O) groups is 1. The molecule has 6 nitrogen and oxygen atoms in total. The number of nitrogens with zero attached hydrogens (tertiary/aromatic N) is 3. The van der Waals surface area contributed by atoms with Gasteiger partial charge in [0.2, 0.25) is 0 Å². The van der Waals surface area contributed by atoms with Gasteiger partial charge in [-0.1, -0.05) is 48.9 Å². The number of hydrogen-bond donors (Lipinski definition) is 2. The van der Waals surface area contributed by atoms with E-state index in [-0.39, 0.29) is 11.9 Å². The van der Waals surface area contributed by atoms with Crippen LogP contribution in [0.2, 0.25) is 5.02 Å². The van der Waals surface area contributed by atoms with E-state index >= 15 is 0 Å². The van der Waals surface area contributed by atoms with Crippen molar-refractivity contribution < 1.29 is 9.90 Å². The van der Waals surface area contributed by atoms with E-state index in [1.165, 1.54) is 5.56 Å². The van der Waals surface area contributed by atoms with Crippen LogP contribution in [0.3, 0.4) is 0 Å². The predicted molar refractivity (Wildman–Crippen MR) is 129 cm³/mol. The molecule has 0 aliphatic carbocycles. The lowest BCUT2D eigenvalue weighted by molar-refractivity contribution is 0.0757. The summed E-state index contributed by atoms with van der Waals surface area (Å²) in [5, 5.41) is 12.4. The summed E-state index contributed by atoms with van der Waals surface area (Å²) >= 11 is 5.98. The fourth-order valence-corrected chi connectivity index (χ4v) is 4.68. The summed E-state index contributed by atoms with van der Waals surface area (Å²) in [7, 11) is 2.10. The van der Waals surface area contributed by atoms with Crippen molar-refractivity contribution in [3.8, 4) is 0 Å². The van der Waals surface area contributed by atoms with Crippen molar-refractivity contribution in [1.82, 2.24) is 19.7 Å². The van der Waals surface area contributed by atoms with Gasteiger partial charge in [0.15, 0.2) is 0 Å². The third-order valence-corrected chi connectivity index (χ3v) is 6.63. The second-order valence-corrected chi connectivity index (χ2v) is 9.02. The number of likely N-dealkylation sites (tertiary alicyclic amines) is 1. The van der Waals surface area contributed by atoms with Crippen molar-refractivity contribution in [3.05, 3.63) is 70.9 Å². The number of aromatic nitrogens is 1. The largest absolute Gasteiger partial charge is 0.390 e. The zero-order valence-electron chi connectivity index (χ0n) is 18.7. The first-order chi connectivity index (χ1) is 15.5. The lowest BCUT2D eigenvalue weighted by atomic mass is 10.1. The second kappa shape index (κ2) is 10.0. The average molecular weight is 455 g/mol. The Bertz CT molecular complexity index is 1050. The molecule has 170 valence electrons. The quantitative estimate of drug-likeness (QED) is 0.547. The first kappa shape index (κ1) is 22.8. The van der Waals surface area contributed by atoms with Crippen LogP contribution in [0.15, 0.2) is 54.7 Å². The van der Waals surface area contributed by atoms with Gasteiger partial charge in [-0.3, -0.25) is 9.69 Å². The maximum absolute atomic E-state index is 13.2. The highest BCUT2D eigenvalue weighted by Gasteiger charge is 2.37. The van der Waals surface area contributed by atoms with Gasteiger partial charge in [0, 0.05) is 54.8 Å². The Kier molecular flexibility index (Phi) is 7.16. The van der Waals surface area contributed by atoms with Crippen LogP contribution < -0.4 is 0 Å². The molecule has 2 atom stereocenters. The number of aromatic amines is 1. The third-order valence-electron chi connectivity index (χ3n) is 6.38. The van der Waals surface area contributed by atoms with Crippen molar-refractivity contribution in [2.24, 2.45) is 0 Å². The lowest BCUT2D eigenvalue weighted by Gasteiger charge is -2.31. The fourth-order valence-electron chi connectivity index (χ4n) is 4.55. The van der Waals surface area contributed by atoms with Gasteiger partial charge in [-0.2, -0.15) is 0 Å². The Morgan fingerprint density at radius 3 is 2.66 bits per heavy atom. The smallest absolute Gasteiger partial charge is 0.256 e. The van der Waals surface area contributed by atoms with E-state index < -0.39 is 6.10 Å². The molecule has 2 aromatic carbocycles. The molecule has 0 spiro atoms. The van der Waals surface area contributed by atoms with E-state index in [1.807, 2.05) is 48.5 Å². The van der Waals surface area contributed by atoms with Gasteiger partial charge in [-0.05, 0) is 37.4 Å². The summed E-state index contributed by atoms with van der Waals surface area (Å²) in [5.41, 5.74) is 2.83. The van der Waals surface area contributed by atoms with Crippen LogP contribution in [0.1, 0.15) is 22.8 Å². The van der Waals surface area contributed by atoms with E-state index in [2.05, 4.69) is 28.8 Å². The molecule has 1 aliphatic heterocycles. The van der Waals surface area contributed by atoms with Gasteiger partial charge in [-0.15, -0.1) is 0 Å². The molecule has 32 heavy (non-hydrogen) atoms. The zero-order chi connectivity index (χ0) is 22.7. The number of halogens is 1. The summed E-state index contributed by atoms with van der Waals surface area (Å²) in [6.07, 6.45) is 1.22. The van der Waals surface area contributed by atoms with Crippen LogP contribution in [0.25, 0.3) is 10.9 Å². The van der Waals surface area contributed by atoms with Crippen LogP contribution in [0.5, 0.6) is 0 Å². The summed E-state index contributed by atoms with van der Waals surface area (Å²) in [6.45, 7) is 6.37. The molecular weight excluding hydrogens is 424 g/mol. The lowest BCUT2D eigenvalue weighted by Crippen LogP contribution is -2.46. The molecule has 1 aliphatic rings. The van der Waals surface area contributed by atoms with E-state index in [1.54, 1.807) is 11.1 Å². The number of likely N-dealkylation sites (N-methyl/N-ethyl adjacent to an activating group) is 2. The summed E-state index contributed by atoms with van der Waals surface area (Å²) in [5.74, 6) is -0.0279. The number of aliphatic hydroxyl groups excluding tert-OH is 1. The highest BCUT2D eigenvalue weighted by Crippen LogP contribution is 2.23. The number of hydrogen-bond acceptors (Lipinski definition) is 4. The van der Waals surface area contributed by atoms with Gasteiger partial charge in [-0.25, -0.2) is 0 Å². The third kappa shape index (κ3) is 4.99. The first-order valence-electron chi connectivity index (χ1n) is 11.2. The number of benzene rings is 2. The van der Waals surface area contributed by atoms with Crippen LogP contribution >= 0.6 is 11.6 Å². The molecule has 0 saturated carbocycles. The van der Waals surface area contributed by atoms with Crippen molar-refractivity contribution in [2.45, 2.75) is 25.6 Å². The molecule has 2 heterocycles. The highest BCUT2D eigenvalue weighted by atomic mass is 35.5. The minimum absolute atomic E-state index is 0.0279. The number of nitrogens with one attached hydrogen (secondary N) is 1. The first-order valence-corrected chi connectivity index (χ1v) is 11.5. The van der Waals surface area contributed by atoms with E-state index in [4.69, 9.17) is 11.6 Å². The topological polar surface area (TPSA) is 62.8 Å². The Labute approximate surface area is 194 Å². The Morgan fingerprint density at radius 1 is 1.16 bits per heavy atom. The van der Waals surface area contributed by atoms with Crippen LogP contribution in [-0.2, 0) is 6.54 Å². The molecule has 0 unspecified atom stereocenters. The highest BCUT2D eigenvalue weighted by molar-refractivity contribution is 6.30. The van der Waals surface area contributed by atoms with Gasteiger partial charge < -0.3 is 19.9 Å². The standard InChI is InChI=1S/C25H31ClN4O2/c1-3-29(13-12-28(2)15-18-8-10-19(26)11-9-18)23-16-30(17-24(23)31)25(32)21-14-27-22-7-5-4-6-20(21)22/h4-11,14,23-24,27,31H,3,12-13,15-17H2,1-2H3/t23-,24-/m1/s1. The molecule has 1 fully saturated rings. The zero-order valence-corrected chi connectivity index (χ0v) is 19.4. The van der Waals surface area contributed by atoms with E-state index in [0.717, 1.165) is 42.1 Å². The molecule has 0 radical (unpaired) electrons. The summed E-state index contributed by atoms with van der Waals surface area (Å²) < 4.78 is 0. The molecular formula is C25H31ClN4O2. The minimum atomic E-state index is -0.550. The van der Waals surface area contributed by atoms with Crippen LogP contribution in [0.4, 0.5) is 0 Å². The number of carbonyl (C=O) groups excluding carboxylic acids is 1. The number of fused-ring (bicyclic) bond motifs is 1. The summed E-state index contributed by atoms with van der Waals surface area (Å²) in [4.78, 5) is 22.7. The van der Waals surface area contributed by atoms with Crippen LogP contribution in [0, 0.1) is 0 Å². The molecule has 3 aromatic rings. The molecule has 2 N–H and O–H groups in total. The van der Waals surface area contributed by atoms with Crippen LogP contribution in [-0.4, -0.2) is 82.6 Å². The average Bonchev–Trinajstić information content (AvgIpc) is 3.39. The van der Waals surface area contributed by atoms with E-state index in [9.17, 15) is 9.90 Å². The van der Waals surface area contributed by atoms with Crippen molar-refractivity contribution >= 4 is 28.4 Å². The molecule has 1 saturated heterocycles. The Morgan fingerprint density at radius 2 is 1.91 bits per heavy atom. The number of H-pyrrole nitrogens is 1. The van der Waals surface area contributed by atoms with E-state index in [0.29, 0.717) is 18.7 Å². The van der Waals surface area contributed by atoms with Crippen molar-refractivity contribution in [1.29, 1.82) is 0 Å². The summed E-state index contributed by atoms with van der Waals surface area (Å²) in [6, 6.07) is 15.7.